The number of carboxylic acid groups (broad SMARTS) is 1. The van der Waals surface area contributed by atoms with Gasteiger partial charge < -0.3 is 14.3 Å². The molecule has 2 amide bonds. The van der Waals surface area contributed by atoms with Gasteiger partial charge in [0.05, 0.1) is 17.4 Å². The minimum Gasteiger partial charge on any atom is -0.545 e. The number of halogens is 2. The Bertz CT molecular complexity index is 1230. The van der Waals surface area contributed by atoms with Gasteiger partial charge in [0.15, 0.2) is 0 Å². The van der Waals surface area contributed by atoms with E-state index in [1.54, 1.807) is 18.2 Å². The van der Waals surface area contributed by atoms with Crippen molar-refractivity contribution in [1.29, 1.82) is 0 Å². The first kappa shape index (κ1) is 20.9. The van der Waals surface area contributed by atoms with E-state index >= 15 is 0 Å². The van der Waals surface area contributed by atoms with Crippen LogP contribution in [-0.2, 0) is 11.3 Å². The number of furan rings is 1. The Kier molecular flexibility index (Phi) is 5.67. The fourth-order valence-electron chi connectivity index (χ4n) is 2.96. The third-order valence-electron chi connectivity index (χ3n) is 4.50. The number of carbonyl (C=O) groups excluding carboxylic acids is 3. The molecule has 4 rings (SSSR count). The highest BCUT2D eigenvalue weighted by Gasteiger charge is 2.35. The number of thioether (sulfide) groups is 1. The summed E-state index contributed by atoms with van der Waals surface area (Å²) >= 11 is 6.62. The molecule has 31 heavy (non-hydrogen) atoms. The molecule has 2 heterocycles. The topological polar surface area (TPSA) is 90.6 Å². The van der Waals surface area contributed by atoms with Gasteiger partial charge in [0, 0.05) is 22.2 Å². The van der Waals surface area contributed by atoms with Gasteiger partial charge in [0.1, 0.15) is 17.3 Å². The largest absolute Gasteiger partial charge is 0.545 e. The molecule has 1 aromatic heterocycles. The Morgan fingerprint density at radius 1 is 1.13 bits per heavy atom. The highest BCUT2D eigenvalue weighted by Crippen LogP contribution is 2.34. The van der Waals surface area contributed by atoms with Gasteiger partial charge in [-0.15, -0.1) is 0 Å². The first-order chi connectivity index (χ1) is 14.8. The molecule has 1 aliphatic heterocycles. The lowest BCUT2D eigenvalue weighted by atomic mass is 10.1. The van der Waals surface area contributed by atoms with Gasteiger partial charge in [0.2, 0.25) is 0 Å². The monoisotopic (exact) mass is 456 g/mol. The van der Waals surface area contributed by atoms with Crippen LogP contribution in [-0.4, -0.2) is 22.0 Å². The van der Waals surface area contributed by atoms with Crippen LogP contribution in [0.15, 0.2) is 63.9 Å². The molecule has 6 nitrogen and oxygen atoms in total. The van der Waals surface area contributed by atoms with E-state index in [0.717, 1.165) is 16.7 Å². The molecular weight excluding hydrogens is 445 g/mol. The fraction of sp³-hybridized carbons (Fsp3) is 0.0455. The van der Waals surface area contributed by atoms with Crippen LogP contribution in [0.5, 0.6) is 0 Å². The van der Waals surface area contributed by atoms with Crippen molar-refractivity contribution in [2.45, 2.75) is 6.54 Å². The summed E-state index contributed by atoms with van der Waals surface area (Å²) in [5.74, 6) is -1.63. The zero-order valence-electron chi connectivity index (χ0n) is 15.6. The number of nitrogens with zero attached hydrogens (tertiary/aromatic N) is 1. The van der Waals surface area contributed by atoms with E-state index in [0.29, 0.717) is 22.6 Å². The molecule has 1 aliphatic rings. The summed E-state index contributed by atoms with van der Waals surface area (Å²) < 4.78 is 18.7. The maximum Gasteiger partial charge on any atom is 0.293 e. The Labute approximate surface area is 184 Å². The van der Waals surface area contributed by atoms with Crippen molar-refractivity contribution in [2.75, 3.05) is 0 Å². The maximum atomic E-state index is 13.1. The third-order valence-corrected chi connectivity index (χ3v) is 5.74. The molecule has 1 saturated heterocycles. The number of imide groups is 1. The lowest BCUT2D eigenvalue weighted by Crippen LogP contribution is -2.27. The molecule has 0 aliphatic carbocycles. The quantitative estimate of drug-likeness (QED) is 0.530. The zero-order chi connectivity index (χ0) is 22.1. The number of amides is 2. The molecule has 0 spiro atoms. The summed E-state index contributed by atoms with van der Waals surface area (Å²) in [4.78, 5) is 37.3. The maximum absolute atomic E-state index is 13.1. The van der Waals surface area contributed by atoms with E-state index < -0.39 is 22.9 Å². The van der Waals surface area contributed by atoms with Crippen LogP contribution in [0.2, 0.25) is 5.02 Å². The summed E-state index contributed by atoms with van der Waals surface area (Å²) in [5, 5.41) is 10.8. The van der Waals surface area contributed by atoms with Crippen LogP contribution >= 0.6 is 23.4 Å². The standard InChI is InChI=1S/C22H13ClFNO5S/c23-17-7-3-13(9-16(17)21(27)28)18-8-6-15(30-18)10-19-20(26)25(22(29)31-19)11-12-1-4-14(24)5-2-12/h1-10H,11H2,(H,27,28)/p-1/b19-10-. The van der Waals surface area contributed by atoms with Crippen LogP contribution in [0.4, 0.5) is 9.18 Å². The molecule has 0 N–H and O–H groups in total. The average Bonchev–Trinajstić information content (AvgIpc) is 3.30. The Morgan fingerprint density at radius 2 is 1.87 bits per heavy atom. The molecule has 0 atom stereocenters. The summed E-state index contributed by atoms with van der Waals surface area (Å²) in [7, 11) is 0. The third kappa shape index (κ3) is 4.40. The predicted octanol–water partition coefficient (Wildman–Crippen LogP) is 4.34. The number of hydrogen-bond donors (Lipinski definition) is 0. The van der Waals surface area contributed by atoms with Crippen molar-refractivity contribution >= 4 is 46.6 Å². The van der Waals surface area contributed by atoms with Gasteiger partial charge in [0.25, 0.3) is 11.1 Å². The van der Waals surface area contributed by atoms with Gasteiger partial charge >= 0.3 is 0 Å². The summed E-state index contributed by atoms with van der Waals surface area (Å²) in [6.07, 6.45) is 1.44. The van der Waals surface area contributed by atoms with Crippen LogP contribution in [0.1, 0.15) is 21.7 Å². The molecule has 156 valence electrons. The van der Waals surface area contributed by atoms with Crippen molar-refractivity contribution in [3.05, 3.63) is 87.2 Å². The minimum absolute atomic E-state index is 0.0302. The molecule has 0 saturated carbocycles. The lowest BCUT2D eigenvalue weighted by molar-refractivity contribution is -0.255. The van der Waals surface area contributed by atoms with Crippen LogP contribution < -0.4 is 5.11 Å². The van der Waals surface area contributed by atoms with Gasteiger partial charge in [-0.3, -0.25) is 14.5 Å². The summed E-state index contributed by atoms with van der Waals surface area (Å²) in [5.41, 5.74) is 0.920. The van der Waals surface area contributed by atoms with Gasteiger partial charge in [-0.25, -0.2) is 4.39 Å². The average molecular weight is 457 g/mol. The fourth-order valence-corrected chi connectivity index (χ4v) is 3.97. The summed E-state index contributed by atoms with van der Waals surface area (Å²) in [6.45, 7) is 0.0302. The van der Waals surface area contributed by atoms with E-state index in [4.69, 9.17) is 16.0 Å². The molecule has 3 aromatic rings. The van der Waals surface area contributed by atoms with E-state index in [2.05, 4.69) is 0 Å². The number of carboxylic acids is 1. The molecule has 0 radical (unpaired) electrons. The second-order valence-electron chi connectivity index (χ2n) is 6.58. The normalized spacial score (nSPS) is 15.2. The van der Waals surface area contributed by atoms with Crippen LogP contribution in [0.25, 0.3) is 17.4 Å². The molecular formula is C22H12ClFNO5S-. The first-order valence-electron chi connectivity index (χ1n) is 8.93. The zero-order valence-corrected chi connectivity index (χ0v) is 17.2. The highest BCUT2D eigenvalue weighted by molar-refractivity contribution is 8.18. The van der Waals surface area contributed by atoms with Crippen molar-refractivity contribution in [2.24, 2.45) is 0 Å². The lowest BCUT2D eigenvalue weighted by Gasteiger charge is -2.12. The second-order valence-corrected chi connectivity index (χ2v) is 7.98. The summed E-state index contributed by atoms with van der Waals surface area (Å²) in [6, 6.07) is 13.1. The highest BCUT2D eigenvalue weighted by atomic mass is 35.5. The van der Waals surface area contributed by atoms with Crippen molar-refractivity contribution in [3.63, 3.8) is 0 Å². The first-order valence-corrected chi connectivity index (χ1v) is 10.1. The molecule has 1 fully saturated rings. The predicted molar refractivity (Wildman–Crippen MR) is 111 cm³/mol. The van der Waals surface area contributed by atoms with Gasteiger partial charge in [-0.05, 0) is 59.8 Å². The van der Waals surface area contributed by atoms with E-state index in [-0.39, 0.29) is 22.0 Å². The number of hydrogen-bond acceptors (Lipinski definition) is 6. The molecule has 9 heteroatoms. The molecule has 2 aromatic carbocycles. The van der Waals surface area contributed by atoms with Gasteiger partial charge in [-0.2, -0.15) is 0 Å². The van der Waals surface area contributed by atoms with Crippen LogP contribution in [0.3, 0.4) is 0 Å². The number of rotatable bonds is 5. The SMILES string of the molecule is O=C([O-])c1cc(-c2ccc(/C=C3\SC(=O)N(Cc4ccc(F)cc4)C3=O)o2)ccc1Cl. The minimum atomic E-state index is -1.41. The van der Waals surface area contributed by atoms with E-state index in [9.17, 15) is 23.9 Å². The second kappa shape index (κ2) is 8.41. The van der Waals surface area contributed by atoms with Gasteiger partial charge in [-0.1, -0.05) is 23.7 Å². The van der Waals surface area contributed by atoms with Crippen molar-refractivity contribution in [3.8, 4) is 11.3 Å². The van der Waals surface area contributed by atoms with Crippen molar-refractivity contribution < 1.29 is 28.3 Å². The Balaban J connectivity index is 1.55. The van der Waals surface area contributed by atoms with Crippen molar-refractivity contribution in [1.82, 2.24) is 4.90 Å². The van der Waals surface area contributed by atoms with Crippen LogP contribution in [0, 0.1) is 5.82 Å². The number of carbonyl (C=O) groups is 3. The van der Waals surface area contributed by atoms with E-state index in [1.165, 1.54) is 42.5 Å². The van der Waals surface area contributed by atoms with E-state index in [1.807, 2.05) is 0 Å². The molecule has 0 bridgehead atoms. The number of benzene rings is 2. The molecule has 0 unspecified atom stereocenters. The smallest absolute Gasteiger partial charge is 0.293 e. The Hall–Kier alpha value is -3.36. The Morgan fingerprint density at radius 3 is 2.58 bits per heavy atom. The number of aromatic carboxylic acids is 1.